The molecule has 3 rings (SSSR count). The average Bonchev–Trinajstić information content (AvgIpc) is 3.28. The molecule has 1 amide bonds. The van der Waals surface area contributed by atoms with Crippen LogP contribution in [0, 0.1) is 13.8 Å². The van der Waals surface area contributed by atoms with Crippen LogP contribution in [-0.2, 0) is 4.79 Å². The van der Waals surface area contributed by atoms with Gasteiger partial charge < -0.3 is 9.88 Å². The monoisotopic (exact) mass is 350 g/mol. The Balaban J connectivity index is 1.69. The summed E-state index contributed by atoms with van der Waals surface area (Å²) < 4.78 is 2.14. The minimum Gasteiger partial charge on any atom is -0.325 e. The molecule has 1 aromatic carbocycles. The van der Waals surface area contributed by atoms with E-state index in [2.05, 4.69) is 20.1 Å². The fraction of sp³-hybridized carbons (Fsp3) is 0.438. The molecule has 23 heavy (non-hydrogen) atoms. The topological polar surface area (TPSA) is 59.8 Å². The lowest BCUT2D eigenvalue weighted by molar-refractivity contribution is -0.115. The summed E-state index contributed by atoms with van der Waals surface area (Å²) in [5.41, 5.74) is 1.62. The van der Waals surface area contributed by atoms with Gasteiger partial charge in [-0.05, 0) is 51.3 Å². The number of carbonyl (C=O) groups excluding carboxylic acids is 1. The summed E-state index contributed by atoms with van der Waals surface area (Å²) in [6, 6.07) is 5.99. The molecule has 1 N–H and O–H groups in total. The van der Waals surface area contributed by atoms with Gasteiger partial charge in [0, 0.05) is 16.8 Å². The van der Waals surface area contributed by atoms with E-state index in [0.717, 1.165) is 35.1 Å². The van der Waals surface area contributed by atoms with Crippen LogP contribution in [0.15, 0.2) is 23.4 Å². The Hall–Kier alpha value is -1.53. The minimum absolute atomic E-state index is 0.0663. The van der Waals surface area contributed by atoms with Gasteiger partial charge >= 0.3 is 0 Å². The maximum absolute atomic E-state index is 12.5. The summed E-state index contributed by atoms with van der Waals surface area (Å²) in [4.78, 5) is 12.5. The van der Waals surface area contributed by atoms with Crippen LogP contribution in [0.4, 0.5) is 5.69 Å². The molecule has 1 heterocycles. The van der Waals surface area contributed by atoms with E-state index in [1.807, 2.05) is 39.0 Å². The Labute approximate surface area is 144 Å². The summed E-state index contributed by atoms with van der Waals surface area (Å²) in [7, 11) is 0. The number of nitrogens with one attached hydrogen (secondary N) is 1. The number of nitrogens with zero attached hydrogens (tertiary/aromatic N) is 3. The van der Waals surface area contributed by atoms with Gasteiger partial charge in [-0.3, -0.25) is 4.79 Å². The molecule has 1 aliphatic carbocycles. The molecule has 1 saturated carbocycles. The summed E-state index contributed by atoms with van der Waals surface area (Å²) in [5, 5.41) is 12.5. The van der Waals surface area contributed by atoms with Crippen molar-refractivity contribution in [1.82, 2.24) is 14.8 Å². The van der Waals surface area contributed by atoms with Gasteiger partial charge in [0.1, 0.15) is 5.82 Å². The van der Waals surface area contributed by atoms with Crippen molar-refractivity contribution in [2.75, 3.05) is 5.32 Å². The molecular formula is C16H19ClN4OS. The highest BCUT2D eigenvalue weighted by Gasteiger charge is 2.29. The Bertz CT molecular complexity index is 742. The summed E-state index contributed by atoms with van der Waals surface area (Å²) in [6.45, 7) is 5.72. The van der Waals surface area contributed by atoms with Gasteiger partial charge in [0.25, 0.3) is 0 Å². The predicted molar refractivity (Wildman–Crippen MR) is 93.2 cm³/mol. The standard InChI is InChI=1S/C16H19ClN4OS/c1-9-13(17)5-4-6-14(9)18-15(22)10(2)23-16-20-19-11(3)21(16)12-7-8-12/h4-6,10,12H,7-8H2,1-3H3,(H,18,22)/t10-/m1/s1. The number of thioether (sulfide) groups is 1. The third-order valence-electron chi connectivity index (χ3n) is 3.92. The van der Waals surface area contributed by atoms with Crippen molar-refractivity contribution >= 4 is 35.0 Å². The van der Waals surface area contributed by atoms with E-state index in [9.17, 15) is 4.79 Å². The van der Waals surface area contributed by atoms with Crippen LogP contribution >= 0.6 is 23.4 Å². The minimum atomic E-state index is -0.269. The number of hydrogen-bond acceptors (Lipinski definition) is 4. The van der Waals surface area contributed by atoms with E-state index >= 15 is 0 Å². The molecule has 0 saturated heterocycles. The van der Waals surface area contributed by atoms with Gasteiger partial charge in [0.15, 0.2) is 5.16 Å². The molecular weight excluding hydrogens is 332 g/mol. The Kier molecular flexibility index (Phi) is 4.64. The lowest BCUT2D eigenvalue weighted by atomic mass is 10.2. The first kappa shape index (κ1) is 16.3. The van der Waals surface area contributed by atoms with Crippen LogP contribution in [0.25, 0.3) is 0 Å². The van der Waals surface area contributed by atoms with Crippen molar-refractivity contribution in [3.05, 3.63) is 34.6 Å². The Morgan fingerprint density at radius 1 is 1.39 bits per heavy atom. The summed E-state index contributed by atoms with van der Waals surface area (Å²) >= 11 is 7.53. The second-order valence-corrected chi connectivity index (χ2v) is 7.51. The molecule has 0 unspecified atom stereocenters. The molecule has 1 aromatic heterocycles. The molecule has 7 heteroatoms. The third-order valence-corrected chi connectivity index (χ3v) is 5.39. The predicted octanol–water partition coefficient (Wildman–Crippen LogP) is 4.00. The van der Waals surface area contributed by atoms with Crippen molar-refractivity contribution in [3.8, 4) is 0 Å². The maximum Gasteiger partial charge on any atom is 0.237 e. The van der Waals surface area contributed by atoms with Crippen LogP contribution in [0.5, 0.6) is 0 Å². The van der Waals surface area contributed by atoms with Crippen LogP contribution in [0.3, 0.4) is 0 Å². The zero-order valence-corrected chi connectivity index (χ0v) is 14.9. The summed E-state index contributed by atoms with van der Waals surface area (Å²) in [5.74, 6) is 0.844. The van der Waals surface area contributed by atoms with Crippen LogP contribution in [-0.4, -0.2) is 25.9 Å². The van der Waals surface area contributed by atoms with Crippen molar-refractivity contribution in [1.29, 1.82) is 0 Å². The second kappa shape index (κ2) is 6.53. The number of amides is 1. The average molecular weight is 351 g/mol. The third kappa shape index (κ3) is 3.53. The molecule has 0 aliphatic heterocycles. The second-order valence-electron chi connectivity index (χ2n) is 5.79. The fourth-order valence-electron chi connectivity index (χ4n) is 2.37. The zero-order chi connectivity index (χ0) is 16.6. The number of rotatable bonds is 5. The molecule has 5 nitrogen and oxygen atoms in total. The van der Waals surface area contributed by atoms with Crippen molar-refractivity contribution < 1.29 is 4.79 Å². The number of hydrogen-bond donors (Lipinski definition) is 1. The molecule has 0 radical (unpaired) electrons. The van der Waals surface area contributed by atoms with Gasteiger partial charge in [0.2, 0.25) is 5.91 Å². The number of carbonyl (C=O) groups is 1. The number of anilines is 1. The van der Waals surface area contributed by atoms with Crippen LogP contribution in [0.1, 0.15) is 37.2 Å². The fourth-order valence-corrected chi connectivity index (χ4v) is 3.51. The van der Waals surface area contributed by atoms with Crippen LogP contribution in [0.2, 0.25) is 5.02 Å². The molecule has 0 bridgehead atoms. The highest BCUT2D eigenvalue weighted by molar-refractivity contribution is 8.00. The highest BCUT2D eigenvalue weighted by Crippen LogP contribution is 2.39. The first-order chi connectivity index (χ1) is 11.0. The number of aryl methyl sites for hydroxylation is 1. The first-order valence-corrected chi connectivity index (χ1v) is 8.87. The molecule has 1 fully saturated rings. The van der Waals surface area contributed by atoms with E-state index in [1.165, 1.54) is 11.8 Å². The molecule has 1 atom stereocenters. The first-order valence-electron chi connectivity index (χ1n) is 7.61. The van der Waals surface area contributed by atoms with E-state index in [-0.39, 0.29) is 11.2 Å². The SMILES string of the molecule is Cc1c(Cl)cccc1NC(=O)[C@@H](C)Sc1nnc(C)n1C1CC1. The smallest absolute Gasteiger partial charge is 0.237 e. The van der Waals surface area contributed by atoms with E-state index < -0.39 is 0 Å². The van der Waals surface area contributed by atoms with E-state index in [4.69, 9.17) is 11.6 Å². The van der Waals surface area contributed by atoms with Crippen molar-refractivity contribution in [2.24, 2.45) is 0 Å². The van der Waals surface area contributed by atoms with Gasteiger partial charge in [0.05, 0.1) is 5.25 Å². The molecule has 1 aliphatic rings. The number of benzene rings is 1. The lowest BCUT2D eigenvalue weighted by Gasteiger charge is -2.14. The van der Waals surface area contributed by atoms with Gasteiger partial charge in [-0.25, -0.2) is 0 Å². The lowest BCUT2D eigenvalue weighted by Crippen LogP contribution is -2.23. The largest absolute Gasteiger partial charge is 0.325 e. The van der Waals surface area contributed by atoms with Crippen LogP contribution < -0.4 is 5.32 Å². The number of halogens is 1. The summed E-state index contributed by atoms with van der Waals surface area (Å²) in [6.07, 6.45) is 2.32. The molecule has 2 aromatic rings. The molecule has 0 spiro atoms. The molecule has 122 valence electrons. The van der Waals surface area contributed by atoms with E-state index in [0.29, 0.717) is 11.1 Å². The Morgan fingerprint density at radius 2 is 2.13 bits per heavy atom. The van der Waals surface area contributed by atoms with Crippen molar-refractivity contribution in [2.45, 2.75) is 50.1 Å². The van der Waals surface area contributed by atoms with Gasteiger partial charge in [-0.1, -0.05) is 29.4 Å². The van der Waals surface area contributed by atoms with Crippen molar-refractivity contribution in [3.63, 3.8) is 0 Å². The highest BCUT2D eigenvalue weighted by atomic mass is 35.5. The zero-order valence-electron chi connectivity index (χ0n) is 13.3. The maximum atomic E-state index is 12.5. The van der Waals surface area contributed by atoms with Gasteiger partial charge in [-0.2, -0.15) is 0 Å². The quantitative estimate of drug-likeness (QED) is 0.828. The Morgan fingerprint density at radius 3 is 2.83 bits per heavy atom. The van der Waals surface area contributed by atoms with Gasteiger partial charge in [-0.15, -0.1) is 10.2 Å². The van der Waals surface area contributed by atoms with E-state index in [1.54, 1.807) is 0 Å². The number of aromatic nitrogens is 3. The normalized spacial score (nSPS) is 15.5.